The summed E-state index contributed by atoms with van der Waals surface area (Å²) in [6.45, 7) is 3.26. The minimum atomic E-state index is -3.13. The van der Waals surface area contributed by atoms with Crippen LogP contribution in [0.1, 0.15) is 33.1 Å². The van der Waals surface area contributed by atoms with Crippen molar-refractivity contribution in [1.29, 1.82) is 0 Å². The lowest BCUT2D eigenvalue weighted by Gasteiger charge is -2.23. The zero-order valence-corrected chi connectivity index (χ0v) is 11.2. The molecule has 0 aromatic heterocycles. The normalized spacial score (nSPS) is 26.2. The molecular formula is C10H18O4S2. The van der Waals surface area contributed by atoms with E-state index < -0.39 is 25.8 Å². The number of thioether (sulfide) groups is 1. The molecule has 1 N–H and O–H groups in total. The molecule has 0 aromatic carbocycles. The second-order valence-corrected chi connectivity index (χ2v) is 8.57. The molecule has 1 rings (SSSR count). The van der Waals surface area contributed by atoms with E-state index in [2.05, 4.69) is 0 Å². The van der Waals surface area contributed by atoms with Crippen LogP contribution < -0.4 is 0 Å². The van der Waals surface area contributed by atoms with E-state index in [1.54, 1.807) is 13.8 Å². The fourth-order valence-electron chi connectivity index (χ4n) is 1.71. The van der Waals surface area contributed by atoms with Gasteiger partial charge in [0.1, 0.15) is 4.75 Å². The maximum atomic E-state index is 11.6. The van der Waals surface area contributed by atoms with Gasteiger partial charge in [-0.05, 0) is 38.9 Å². The van der Waals surface area contributed by atoms with Crippen LogP contribution in [-0.2, 0) is 14.6 Å². The zero-order valence-electron chi connectivity index (χ0n) is 9.60. The molecule has 0 saturated carbocycles. The monoisotopic (exact) mass is 266 g/mol. The lowest BCUT2D eigenvalue weighted by atomic mass is 10.0. The van der Waals surface area contributed by atoms with Gasteiger partial charge in [-0.2, -0.15) is 0 Å². The summed E-state index contributed by atoms with van der Waals surface area (Å²) in [5.41, 5.74) is 0. The van der Waals surface area contributed by atoms with Gasteiger partial charge in [-0.3, -0.25) is 4.79 Å². The Balaban J connectivity index is 2.69. The Morgan fingerprint density at radius 3 is 2.50 bits per heavy atom. The summed E-state index contributed by atoms with van der Waals surface area (Å²) < 4.78 is 22.4. The molecule has 1 saturated heterocycles. The van der Waals surface area contributed by atoms with Gasteiger partial charge in [0, 0.05) is 0 Å². The molecule has 0 aliphatic carbocycles. The molecule has 0 aromatic rings. The summed E-state index contributed by atoms with van der Waals surface area (Å²) in [7, 11) is -3.13. The Hall–Kier alpha value is -0.230. The Morgan fingerprint density at radius 2 is 2.12 bits per heavy atom. The molecular weight excluding hydrogens is 248 g/mol. The molecule has 0 spiro atoms. The van der Waals surface area contributed by atoms with E-state index in [-0.39, 0.29) is 12.2 Å². The van der Waals surface area contributed by atoms with Crippen LogP contribution in [0.4, 0.5) is 0 Å². The van der Waals surface area contributed by atoms with Crippen molar-refractivity contribution in [3.8, 4) is 0 Å². The van der Waals surface area contributed by atoms with Gasteiger partial charge in [0.25, 0.3) is 0 Å². The first kappa shape index (κ1) is 13.8. The molecule has 1 aliphatic heterocycles. The van der Waals surface area contributed by atoms with E-state index >= 15 is 0 Å². The van der Waals surface area contributed by atoms with Crippen LogP contribution in [0.3, 0.4) is 0 Å². The van der Waals surface area contributed by atoms with Gasteiger partial charge in [-0.1, -0.05) is 0 Å². The first-order valence-electron chi connectivity index (χ1n) is 5.39. The molecule has 4 nitrogen and oxygen atoms in total. The van der Waals surface area contributed by atoms with Crippen LogP contribution in [0.25, 0.3) is 0 Å². The third-order valence-corrected chi connectivity index (χ3v) is 6.84. The molecule has 0 radical (unpaired) electrons. The van der Waals surface area contributed by atoms with Crippen LogP contribution in [0.2, 0.25) is 0 Å². The molecule has 1 aliphatic rings. The Kier molecular flexibility index (Phi) is 4.29. The maximum Gasteiger partial charge on any atom is 0.319 e. The van der Waals surface area contributed by atoms with Gasteiger partial charge in [-0.25, -0.2) is 8.42 Å². The third-order valence-electron chi connectivity index (χ3n) is 3.00. The largest absolute Gasteiger partial charge is 0.480 e. The summed E-state index contributed by atoms with van der Waals surface area (Å²) >= 11 is 1.39. The second-order valence-electron chi connectivity index (χ2n) is 4.42. The van der Waals surface area contributed by atoms with Gasteiger partial charge >= 0.3 is 5.97 Å². The minimum Gasteiger partial charge on any atom is -0.480 e. The summed E-state index contributed by atoms with van der Waals surface area (Å²) in [6.07, 6.45) is 1.67. The van der Waals surface area contributed by atoms with Crippen LogP contribution >= 0.6 is 11.8 Å². The Bertz CT molecular complexity index is 353. The molecule has 94 valence electrons. The SMILES string of the molecule is CC(C)S(=O)(=O)CCC1(C(=O)O)CCCS1. The highest BCUT2D eigenvalue weighted by molar-refractivity contribution is 8.01. The average Bonchev–Trinajstić information content (AvgIpc) is 2.64. The second kappa shape index (κ2) is 4.96. The highest BCUT2D eigenvalue weighted by atomic mass is 32.2. The highest BCUT2D eigenvalue weighted by Crippen LogP contribution is 2.41. The van der Waals surface area contributed by atoms with Crippen LogP contribution in [-0.4, -0.2) is 41.0 Å². The quantitative estimate of drug-likeness (QED) is 0.817. The average molecular weight is 266 g/mol. The van der Waals surface area contributed by atoms with Crippen LogP contribution in [0, 0.1) is 0 Å². The zero-order chi connectivity index (χ0) is 12.4. The van der Waals surface area contributed by atoms with Crippen molar-refractivity contribution < 1.29 is 18.3 Å². The predicted octanol–water partition coefficient (Wildman–Crippen LogP) is 1.55. The number of aliphatic carboxylic acids is 1. The Labute approximate surface area is 101 Å². The predicted molar refractivity (Wildman–Crippen MR) is 65.6 cm³/mol. The number of sulfone groups is 1. The molecule has 0 bridgehead atoms. The van der Waals surface area contributed by atoms with E-state index in [1.807, 2.05) is 0 Å². The topological polar surface area (TPSA) is 71.4 Å². The molecule has 1 atom stereocenters. The molecule has 0 amide bonds. The molecule has 1 unspecified atom stereocenters. The van der Waals surface area contributed by atoms with E-state index in [9.17, 15) is 18.3 Å². The first-order valence-corrected chi connectivity index (χ1v) is 8.09. The van der Waals surface area contributed by atoms with Gasteiger partial charge < -0.3 is 5.11 Å². The van der Waals surface area contributed by atoms with Crippen molar-refractivity contribution in [2.24, 2.45) is 0 Å². The van der Waals surface area contributed by atoms with Gasteiger partial charge in [-0.15, -0.1) is 11.8 Å². The fraction of sp³-hybridized carbons (Fsp3) is 0.900. The van der Waals surface area contributed by atoms with Gasteiger partial charge in [0.2, 0.25) is 0 Å². The number of carbonyl (C=O) groups is 1. The van der Waals surface area contributed by atoms with Crippen molar-refractivity contribution >= 4 is 27.6 Å². The number of hydrogen-bond acceptors (Lipinski definition) is 4. The van der Waals surface area contributed by atoms with Crippen molar-refractivity contribution in [1.82, 2.24) is 0 Å². The minimum absolute atomic E-state index is 0.0238. The summed E-state index contributed by atoms with van der Waals surface area (Å²) in [6, 6.07) is 0. The lowest BCUT2D eigenvalue weighted by molar-refractivity contribution is -0.140. The van der Waals surface area contributed by atoms with Crippen molar-refractivity contribution in [2.75, 3.05) is 11.5 Å². The summed E-state index contributed by atoms with van der Waals surface area (Å²) in [5.74, 6) is -0.0770. The van der Waals surface area contributed by atoms with Crippen molar-refractivity contribution in [3.63, 3.8) is 0 Å². The summed E-state index contributed by atoms with van der Waals surface area (Å²) in [4.78, 5) is 11.2. The Morgan fingerprint density at radius 1 is 1.50 bits per heavy atom. The van der Waals surface area contributed by atoms with Gasteiger partial charge in [0.05, 0.1) is 11.0 Å². The van der Waals surface area contributed by atoms with E-state index in [0.717, 1.165) is 12.2 Å². The van der Waals surface area contributed by atoms with E-state index in [1.165, 1.54) is 11.8 Å². The molecule has 1 fully saturated rings. The number of rotatable bonds is 5. The smallest absolute Gasteiger partial charge is 0.319 e. The van der Waals surface area contributed by atoms with E-state index in [4.69, 9.17) is 0 Å². The van der Waals surface area contributed by atoms with Crippen molar-refractivity contribution in [2.45, 2.75) is 43.1 Å². The standard InChI is InChI=1S/C10H18O4S2/c1-8(2)16(13,14)7-5-10(9(11)12)4-3-6-15-10/h8H,3-7H2,1-2H3,(H,11,12). The van der Waals surface area contributed by atoms with E-state index in [0.29, 0.717) is 6.42 Å². The van der Waals surface area contributed by atoms with Crippen LogP contribution in [0.15, 0.2) is 0 Å². The molecule has 16 heavy (non-hydrogen) atoms. The maximum absolute atomic E-state index is 11.6. The first-order chi connectivity index (χ1) is 7.30. The highest BCUT2D eigenvalue weighted by Gasteiger charge is 2.42. The third kappa shape index (κ3) is 2.91. The molecule has 1 heterocycles. The number of hydrogen-bond donors (Lipinski definition) is 1. The van der Waals surface area contributed by atoms with Crippen LogP contribution in [0.5, 0.6) is 0 Å². The van der Waals surface area contributed by atoms with Gasteiger partial charge in [0.15, 0.2) is 9.84 Å². The fourth-order valence-corrected chi connectivity index (χ4v) is 4.28. The number of carboxylic acid groups (broad SMARTS) is 1. The molecule has 6 heteroatoms. The number of carboxylic acids is 1. The van der Waals surface area contributed by atoms with Crippen molar-refractivity contribution in [3.05, 3.63) is 0 Å². The lowest BCUT2D eigenvalue weighted by Crippen LogP contribution is -2.35. The summed E-state index contributed by atoms with van der Waals surface area (Å²) in [5, 5.41) is 8.76.